The highest BCUT2D eigenvalue weighted by atomic mass is 16.5. The molecule has 0 bridgehead atoms. The van der Waals surface area contributed by atoms with Gasteiger partial charge in [0.1, 0.15) is 0 Å². The molecule has 36 heavy (non-hydrogen) atoms. The first-order valence-corrected chi connectivity index (χ1v) is 13.6. The lowest BCUT2D eigenvalue weighted by Gasteiger charge is -2.32. The topological polar surface area (TPSA) is 70.7 Å². The first kappa shape index (κ1) is 27.7. The lowest BCUT2D eigenvalue weighted by atomic mass is 9.98. The van der Waals surface area contributed by atoms with Gasteiger partial charge in [-0.15, -0.1) is 0 Å². The Bertz CT molecular complexity index is 976. The molecule has 0 fully saturated rings. The number of rotatable bonds is 15. The number of unbranched alkanes of at least 4 members (excludes halogenated alkanes) is 6. The van der Waals surface area contributed by atoms with Crippen molar-refractivity contribution in [1.29, 1.82) is 0 Å². The van der Waals surface area contributed by atoms with Crippen LogP contribution in [0.3, 0.4) is 0 Å². The average molecular weight is 494 g/mol. The summed E-state index contributed by atoms with van der Waals surface area (Å²) >= 11 is 0. The zero-order valence-electron chi connectivity index (χ0n) is 22.1. The smallest absolute Gasteiger partial charge is 0.253 e. The average Bonchev–Trinajstić information content (AvgIpc) is 2.90. The Morgan fingerprint density at radius 1 is 0.944 bits per heavy atom. The third-order valence-electron chi connectivity index (χ3n) is 6.81. The van der Waals surface area contributed by atoms with Gasteiger partial charge >= 0.3 is 0 Å². The third-order valence-corrected chi connectivity index (χ3v) is 6.81. The largest absolute Gasteiger partial charge is 0.385 e. The van der Waals surface area contributed by atoms with Crippen LogP contribution in [0, 0.1) is 0 Å². The summed E-state index contributed by atoms with van der Waals surface area (Å²) < 4.78 is 5.10. The number of methoxy groups -OCH3 is 1. The molecule has 1 aliphatic heterocycles. The van der Waals surface area contributed by atoms with Crippen molar-refractivity contribution in [2.45, 2.75) is 77.7 Å². The van der Waals surface area contributed by atoms with Gasteiger partial charge in [0.2, 0.25) is 5.91 Å². The normalized spacial score (nSPS) is 12.8. The molecule has 0 saturated heterocycles. The lowest BCUT2D eigenvalue weighted by Crippen LogP contribution is -2.33. The van der Waals surface area contributed by atoms with E-state index in [1.165, 1.54) is 43.2 Å². The fourth-order valence-corrected chi connectivity index (χ4v) is 4.75. The molecule has 6 heteroatoms. The number of fused-ring (bicyclic) bond motifs is 1. The summed E-state index contributed by atoms with van der Waals surface area (Å²) in [4.78, 5) is 28.0. The molecule has 0 aromatic heterocycles. The van der Waals surface area contributed by atoms with Crippen LogP contribution in [0.15, 0.2) is 42.5 Å². The highest BCUT2D eigenvalue weighted by Crippen LogP contribution is 2.29. The third kappa shape index (κ3) is 8.66. The van der Waals surface area contributed by atoms with Crippen molar-refractivity contribution in [1.82, 2.24) is 5.32 Å². The molecular formula is C30H43N3O3. The van der Waals surface area contributed by atoms with E-state index in [0.29, 0.717) is 30.8 Å². The first-order valence-electron chi connectivity index (χ1n) is 13.6. The maximum absolute atomic E-state index is 13.2. The fourth-order valence-electron chi connectivity index (χ4n) is 4.75. The van der Waals surface area contributed by atoms with Gasteiger partial charge in [-0.1, -0.05) is 69.7 Å². The highest BCUT2D eigenvalue weighted by Gasteiger charge is 2.22. The molecule has 0 atom stereocenters. The number of nitrogens with one attached hydrogen (secondary N) is 2. The molecule has 3 rings (SSSR count). The lowest BCUT2D eigenvalue weighted by molar-refractivity contribution is -0.116. The van der Waals surface area contributed by atoms with E-state index in [2.05, 4.69) is 46.7 Å². The Morgan fingerprint density at radius 2 is 1.69 bits per heavy atom. The minimum Gasteiger partial charge on any atom is -0.385 e. The zero-order chi connectivity index (χ0) is 25.6. The minimum absolute atomic E-state index is 0.00895. The number of hydrogen-bond donors (Lipinski definition) is 2. The van der Waals surface area contributed by atoms with Gasteiger partial charge < -0.3 is 20.3 Å². The Kier molecular flexibility index (Phi) is 11.8. The van der Waals surface area contributed by atoms with Crippen molar-refractivity contribution in [3.63, 3.8) is 0 Å². The second-order valence-electron chi connectivity index (χ2n) is 9.69. The molecule has 0 unspecified atom stereocenters. The maximum Gasteiger partial charge on any atom is 0.253 e. The number of carbonyl (C=O) groups is 2. The van der Waals surface area contributed by atoms with Crippen molar-refractivity contribution >= 4 is 23.2 Å². The van der Waals surface area contributed by atoms with E-state index in [4.69, 9.17) is 4.74 Å². The van der Waals surface area contributed by atoms with Gasteiger partial charge in [-0.25, -0.2) is 0 Å². The number of benzene rings is 2. The number of hydrogen-bond acceptors (Lipinski definition) is 4. The van der Waals surface area contributed by atoms with Crippen LogP contribution in [0.5, 0.6) is 0 Å². The second-order valence-corrected chi connectivity index (χ2v) is 9.69. The Balaban J connectivity index is 1.64. The summed E-state index contributed by atoms with van der Waals surface area (Å²) in [6.45, 7) is 4.99. The molecule has 1 heterocycles. The zero-order valence-corrected chi connectivity index (χ0v) is 22.1. The molecule has 0 radical (unpaired) electrons. The Hall–Kier alpha value is -2.86. The molecule has 196 valence electrons. The second kappa shape index (κ2) is 15.3. The van der Waals surface area contributed by atoms with Crippen molar-refractivity contribution in [3.05, 3.63) is 59.2 Å². The highest BCUT2D eigenvalue weighted by molar-refractivity contribution is 6.02. The molecule has 0 spiro atoms. The van der Waals surface area contributed by atoms with Crippen LogP contribution in [0.2, 0.25) is 0 Å². The van der Waals surface area contributed by atoms with Gasteiger partial charge in [-0.3, -0.25) is 9.59 Å². The maximum atomic E-state index is 13.2. The summed E-state index contributed by atoms with van der Waals surface area (Å²) in [5.74, 6) is -0.113. The number of carbonyl (C=O) groups excluding carboxylic acids is 2. The van der Waals surface area contributed by atoms with E-state index in [1.54, 1.807) is 7.11 Å². The van der Waals surface area contributed by atoms with Gasteiger partial charge in [0.25, 0.3) is 5.91 Å². The molecule has 6 nitrogen and oxygen atoms in total. The standard InChI is InChI=1S/C30H43N3O3/c1-3-4-5-6-7-8-9-15-29(34)32-26-16-17-28(27(22-26)30(35)31-19-12-21-36-2)33-20-18-24-13-10-11-14-25(24)23-33/h10-11,13-14,16-17,22H,3-9,12,15,18-21,23H2,1-2H3,(H,31,35)(H,32,34). The fraction of sp³-hybridized carbons (Fsp3) is 0.533. The van der Waals surface area contributed by atoms with Crippen LogP contribution in [-0.2, 0) is 22.5 Å². The summed E-state index contributed by atoms with van der Waals surface area (Å²) in [6, 6.07) is 14.2. The molecule has 0 saturated carbocycles. The van der Waals surface area contributed by atoms with Gasteiger partial charge in [0.15, 0.2) is 0 Å². The summed E-state index contributed by atoms with van der Waals surface area (Å²) in [7, 11) is 1.66. The summed E-state index contributed by atoms with van der Waals surface area (Å²) in [5, 5.41) is 6.03. The predicted molar refractivity (Wildman–Crippen MR) is 148 cm³/mol. The monoisotopic (exact) mass is 493 g/mol. The van der Waals surface area contributed by atoms with Crippen LogP contribution >= 0.6 is 0 Å². The van der Waals surface area contributed by atoms with Crippen molar-refractivity contribution in [2.75, 3.05) is 37.0 Å². The minimum atomic E-state index is -0.122. The van der Waals surface area contributed by atoms with E-state index in [0.717, 1.165) is 44.5 Å². The first-order chi connectivity index (χ1) is 17.6. The number of ether oxygens (including phenoxy) is 1. The van der Waals surface area contributed by atoms with E-state index >= 15 is 0 Å². The van der Waals surface area contributed by atoms with Crippen molar-refractivity contribution in [2.24, 2.45) is 0 Å². The summed E-state index contributed by atoms with van der Waals surface area (Å²) in [5.41, 5.74) is 4.83. The van der Waals surface area contributed by atoms with Crippen LogP contribution < -0.4 is 15.5 Å². The van der Waals surface area contributed by atoms with Crippen LogP contribution in [0.4, 0.5) is 11.4 Å². The predicted octanol–water partition coefficient (Wildman–Crippen LogP) is 6.09. The molecule has 2 aromatic carbocycles. The number of anilines is 2. The van der Waals surface area contributed by atoms with Gasteiger partial charge in [0.05, 0.1) is 5.56 Å². The number of nitrogens with zero attached hydrogens (tertiary/aromatic N) is 1. The Labute approximate surface area is 216 Å². The SMILES string of the molecule is CCCCCCCCCC(=O)Nc1ccc(N2CCc3ccccc3C2)c(C(=O)NCCCOC)c1. The van der Waals surface area contributed by atoms with Gasteiger partial charge in [0, 0.05) is 51.1 Å². The quantitative estimate of drug-likeness (QED) is 0.294. The van der Waals surface area contributed by atoms with Gasteiger partial charge in [-0.2, -0.15) is 0 Å². The van der Waals surface area contributed by atoms with Gasteiger partial charge in [-0.05, 0) is 48.6 Å². The molecule has 2 amide bonds. The van der Waals surface area contributed by atoms with Crippen LogP contribution in [0.25, 0.3) is 0 Å². The van der Waals surface area contributed by atoms with Crippen LogP contribution in [0.1, 0.15) is 86.2 Å². The molecule has 0 aliphatic carbocycles. The molecule has 2 N–H and O–H groups in total. The van der Waals surface area contributed by atoms with E-state index in [9.17, 15) is 9.59 Å². The van der Waals surface area contributed by atoms with Crippen molar-refractivity contribution < 1.29 is 14.3 Å². The summed E-state index contributed by atoms with van der Waals surface area (Å²) in [6.07, 6.45) is 10.5. The van der Waals surface area contributed by atoms with E-state index in [1.807, 2.05) is 18.2 Å². The Morgan fingerprint density at radius 3 is 2.47 bits per heavy atom. The molecular weight excluding hydrogens is 450 g/mol. The van der Waals surface area contributed by atoms with Crippen molar-refractivity contribution in [3.8, 4) is 0 Å². The van der Waals surface area contributed by atoms with E-state index in [-0.39, 0.29) is 11.8 Å². The molecule has 2 aromatic rings. The number of amides is 2. The molecule has 1 aliphatic rings. The van der Waals surface area contributed by atoms with E-state index < -0.39 is 0 Å². The van der Waals surface area contributed by atoms with Crippen LogP contribution in [-0.4, -0.2) is 38.6 Å².